The highest BCUT2D eigenvalue weighted by Gasteiger charge is 2.42. The van der Waals surface area contributed by atoms with Gasteiger partial charge in [-0.15, -0.1) is 0 Å². The summed E-state index contributed by atoms with van der Waals surface area (Å²) in [4.78, 5) is 29.4. The lowest BCUT2D eigenvalue weighted by Gasteiger charge is -2.38. The predicted molar refractivity (Wildman–Crippen MR) is 113 cm³/mol. The molecule has 32 heavy (non-hydrogen) atoms. The Bertz CT molecular complexity index is 1020. The number of ether oxygens (including phenoxy) is 2. The summed E-state index contributed by atoms with van der Waals surface area (Å²) in [6.45, 7) is 4.02. The molecule has 0 spiro atoms. The van der Waals surface area contributed by atoms with E-state index in [0.29, 0.717) is 36.0 Å². The van der Waals surface area contributed by atoms with Crippen molar-refractivity contribution in [3.05, 3.63) is 24.4 Å². The highest BCUT2D eigenvalue weighted by molar-refractivity contribution is 5.91. The number of anilines is 2. The lowest BCUT2D eigenvalue weighted by Crippen LogP contribution is -2.54. The minimum atomic E-state index is -2.73. The van der Waals surface area contributed by atoms with Gasteiger partial charge in [-0.1, -0.05) is 0 Å². The molecule has 1 fully saturated rings. The van der Waals surface area contributed by atoms with Crippen LogP contribution in [0.1, 0.15) is 13.8 Å². The maximum absolute atomic E-state index is 13.9. The number of carbonyl (C=O) groups excluding carboxylic acids is 2. The van der Waals surface area contributed by atoms with Gasteiger partial charge in [0.1, 0.15) is 30.3 Å². The number of primary amides is 1. The summed E-state index contributed by atoms with van der Waals surface area (Å²) < 4.78 is 40.5. The van der Waals surface area contributed by atoms with Crippen LogP contribution in [0.3, 0.4) is 0 Å². The number of halogens is 2. The van der Waals surface area contributed by atoms with Gasteiger partial charge in [0.05, 0.1) is 25.3 Å². The lowest BCUT2D eigenvalue weighted by atomic mass is 9.96. The van der Waals surface area contributed by atoms with E-state index in [9.17, 15) is 18.4 Å². The Balaban J connectivity index is 1.69. The molecule has 0 saturated carbocycles. The highest BCUT2D eigenvalue weighted by atomic mass is 19.3. The molecule has 2 atom stereocenters. The third-order valence-electron chi connectivity index (χ3n) is 5.68. The average Bonchev–Trinajstić information content (AvgIpc) is 3.01. The summed E-state index contributed by atoms with van der Waals surface area (Å²) in [6, 6.07) is 3.37. The number of alkyl halides is 2. The van der Waals surface area contributed by atoms with Crippen molar-refractivity contribution in [3.63, 3.8) is 0 Å². The molecule has 2 amide bonds. The number of fused-ring (bicyclic) bond motifs is 3. The van der Waals surface area contributed by atoms with Gasteiger partial charge >= 0.3 is 0 Å². The molecule has 1 unspecified atom stereocenters. The number of carbonyl (C=O) groups is 2. The van der Waals surface area contributed by atoms with Gasteiger partial charge < -0.3 is 25.1 Å². The van der Waals surface area contributed by atoms with E-state index in [1.54, 1.807) is 35.9 Å². The van der Waals surface area contributed by atoms with Gasteiger partial charge in [-0.25, -0.2) is 13.8 Å². The van der Waals surface area contributed by atoms with Gasteiger partial charge in [-0.2, -0.15) is 0 Å². The molecular weight excluding hydrogens is 424 g/mol. The van der Waals surface area contributed by atoms with Crippen LogP contribution in [-0.2, 0) is 20.9 Å². The predicted octanol–water partition coefficient (Wildman–Crippen LogP) is 1.86. The van der Waals surface area contributed by atoms with E-state index in [1.165, 1.54) is 6.92 Å². The summed E-state index contributed by atoms with van der Waals surface area (Å²) in [6.07, 6.45) is -1.13. The summed E-state index contributed by atoms with van der Waals surface area (Å²) >= 11 is 0. The van der Waals surface area contributed by atoms with Crippen molar-refractivity contribution in [2.24, 2.45) is 11.7 Å². The van der Waals surface area contributed by atoms with Crippen molar-refractivity contribution in [1.29, 1.82) is 0 Å². The largest absolute Gasteiger partial charge is 0.491 e. The maximum Gasteiger partial charge on any atom is 0.259 e. The van der Waals surface area contributed by atoms with Crippen molar-refractivity contribution in [2.45, 2.75) is 38.9 Å². The topological polar surface area (TPSA) is 112 Å². The molecular formula is C21H25F2N5O4. The number of hydrogen-bond acceptors (Lipinski definition) is 6. The summed E-state index contributed by atoms with van der Waals surface area (Å²) in [5.41, 5.74) is 6.60. The smallest absolute Gasteiger partial charge is 0.259 e. The Morgan fingerprint density at radius 2 is 2.09 bits per heavy atom. The van der Waals surface area contributed by atoms with Crippen LogP contribution in [0.4, 0.5) is 20.3 Å². The number of imidazole rings is 1. The van der Waals surface area contributed by atoms with E-state index in [-0.39, 0.29) is 19.0 Å². The molecule has 3 heterocycles. The first kappa shape index (κ1) is 22.0. The minimum Gasteiger partial charge on any atom is -0.491 e. The van der Waals surface area contributed by atoms with E-state index < -0.39 is 36.2 Å². The van der Waals surface area contributed by atoms with Crippen LogP contribution in [0, 0.1) is 5.92 Å². The monoisotopic (exact) mass is 449 g/mol. The maximum atomic E-state index is 13.9. The molecule has 1 aromatic carbocycles. The molecule has 1 aromatic heterocycles. The van der Waals surface area contributed by atoms with Crippen molar-refractivity contribution in [3.8, 4) is 17.1 Å². The second-order valence-electron chi connectivity index (χ2n) is 7.96. The Kier molecular flexibility index (Phi) is 6.00. The molecule has 2 aliphatic heterocycles. The molecule has 9 nitrogen and oxygen atoms in total. The standard InChI is InChI=1S/C21H25F2N5O4/c1-11(20(24)30)25-14-3-4-15-16(7-14)32-6-5-27-8-17(26-21(15)27)28(12(2)29)18(19(22)23)13-9-31-10-13/h3-4,7-8,11,13,18-19,25H,5-6,9-10H2,1-2H3,(H2,24,30)/t11-,18?/m0/s1. The average molecular weight is 449 g/mol. The zero-order valence-electron chi connectivity index (χ0n) is 17.8. The number of nitrogens with one attached hydrogen (secondary N) is 1. The number of amides is 2. The second kappa shape index (κ2) is 8.73. The zero-order valence-corrected chi connectivity index (χ0v) is 17.8. The molecule has 0 radical (unpaired) electrons. The highest BCUT2D eigenvalue weighted by Crippen LogP contribution is 2.37. The Hall–Kier alpha value is -3.21. The zero-order chi connectivity index (χ0) is 23.0. The third kappa shape index (κ3) is 4.12. The first-order valence-corrected chi connectivity index (χ1v) is 10.3. The Morgan fingerprint density at radius 1 is 1.34 bits per heavy atom. The molecule has 172 valence electrons. The first-order chi connectivity index (χ1) is 15.3. The van der Waals surface area contributed by atoms with Crippen molar-refractivity contribution < 1.29 is 27.8 Å². The van der Waals surface area contributed by atoms with Crippen molar-refractivity contribution >= 4 is 23.3 Å². The molecule has 3 N–H and O–H groups in total. The van der Waals surface area contributed by atoms with Crippen LogP contribution >= 0.6 is 0 Å². The van der Waals surface area contributed by atoms with E-state index in [0.717, 1.165) is 4.90 Å². The van der Waals surface area contributed by atoms with Crippen molar-refractivity contribution in [2.75, 3.05) is 30.0 Å². The first-order valence-electron chi connectivity index (χ1n) is 10.3. The fraction of sp³-hybridized carbons (Fsp3) is 0.476. The van der Waals surface area contributed by atoms with Crippen LogP contribution < -0.4 is 20.7 Å². The number of nitrogens with zero attached hydrogens (tertiary/aromatic N) is 3. The molecule has 2 aromatic rings. The van der Waals surface area contributed by atoms with Crippen LogP contribution in [0.2, 0.25) is 0 Å². The number of benzene rings is 1. The molecule has 0 aliphatic carbocycles. The van der Waals surface area contributed by atoms with Crippen molar-refractivity contribution in [1.82, 2.24) is 9.55 Å². The molecule has 2 aliphatic rings. The quantitative estimate of drug-likeness (QED) is 0.668. The van der Waals surface area contributed by atoms with Gasteiger partial charge in [0.15, 0.2) is 5.82 Å². The fourth-order valence-corrected chi connectivity index (χ4v) is 3.90. The summed E-state index contributed by atoms with van der Waals surface area (Å²) in [5, 5.41) is 3.00. The second-order valence-corrected chi connectivity index (χ2v) is 7.96. The normalized spacial score (nSPS) is 17.3. The van der Waals surface area contributed by atoms with E-state index in [2.05, 4.69) is 10.3 Å². The van der Waals surface area contributed by atoms with Crippen LogP contribution in [-0.4, -0.2) is 59.7 Å². The summed E-state index contributed by atoms with van der Waals surface area (Å²) in [5.74, 6) is -0.248. The number of nitrogens with two attached hydrogens (primary N) is 1. The Labute approximate surface area is 183 Å². The van der Waals surface area contributed by atoms with Gasteiger partial charge in [-0.3, -0.25) is 14.5 Å². The van der Waals surface area contributed by atoms with Crippen LogP contribution in [0.15, 0.2) is 24.4 Å². The number of hydrogen-bond donors (Lipinski definition) is 2. The van der Waals surface area contributed by atoms with E-state index in [1.807, 2.05) is 0 Å². The Morgan fingerprint density at radius 3 is 2.69 bits per heavy atom. The fourth-order valence-electron chi connectivity index (χ4n) is 3.90. The molecule has 1 saturated heterocycles. The van der Waals surface area contributed by atoms with Crippen LogP contribution in [0.5, 0.6) is 5.75 Å². The lowest BCUT2D eigenvalue weighted by molar-refractivity contribution is -0.121. The summed E-state index contributed by atoms with van der Waals surface area (Å²) in [7, 11) is 0. The SMILES string of the molecule is CC(=O)N(c1cn2c(n1)-c1ccc(N[C@@H](C)C(N)=O)cc1OCC2)C(C(F)F)C1COC1. The van der Waals surface area contributed by atoms with E-state index >= 15 is 0 Å². The van der Waals surface area contributed by atoms with E-state index in [4.69, 9.17) is 15.2 Å². The van der Waals surface area contributed by atoms with Gasteiger partial charge in [0.25, 0.3) is 6.43 Å². The minimum absolute atomic E-state index is 0.169. The molecule has 4 rings (SSSR count). The van der Waals surface area contributed by atoms with Gasteiger partial charge in [0.2, 0.25) is 11.8 Å². The third-order valence-corrected chi connectivity index (χ3v) is 5.68. The van der Waals surface area contributed by atoms with Crippen LogP contribution in [0.25, 0.3) is 11.4 Å². The number of aromatic nitrogens is 2. The van der Waals surface area contributed by atoms with Gasteiger partial charge in [0, 0.05) is 30.8 Å². The van der Waals surface area contributed by atoms with Gasteiger partial charge in [-0.05, 0) is 19.1 Å². The molecule has 0 bridgehead atoms. The molecule has 11 heteroatoms. The number of rotatable bonds is 7.